The van der Waals surface area contributed by atoms with Crippen LogP contribution in [0.5, 0.6) is 0 Å². The number of piperidine rings is 1. The molecular formula is C14H17ClN2OS. The van der Waals surface area contributed by atoms with Gasteiger partial charge in [-0.1, -0.05) is 23.7 Å². The fourth-order valence-corrected chi connectivity index (χ4v) is 4.60. The van der Waals surface area contributed by atoms with Crippen LogP contribution >= 0.6 is 23.4 Å². The molecule has 1 aromatic carbocycles. The highest BCUT2D eigenvalue weighted by molar-refractivity contribution is 8.00. The first-order chi connectivity index (χ1) is 9.23. The predicted molar refractivity (Wildman–Crippen MR) is 79.8 cm³/mol. The summed E-state index contributed by atoms with van der Waals surface area (Å²) in [5, 5.41) is 3.92. The van der Waals surface area contributed by atoms with E-state index >= 15 is 0 Å². The Morgan fingerprint density at radius 1 is 1.32 bits per heavy atom. The van der Waals surface area contributed by atoms with Crippen LogP contribution in [0.15, 0.2) is 24.3 Å². The molecule has 5 heteroatoms. The van der Waals surface area contributed by atoms with Crippen molar-refractivity contribution >= 4 is 29.3 Å². The van der Waals surface area contributed by atoms with Gasteiger partial charge in [-0.05, 0) is 38.1 Å². The number of carbonyl (C=O) groups is 1. The molecule has 0 unspecified atom stereocenters. The monoisotopic (exact) mass is 296 g/mol. The van der Waals surface area contributed by atoms with Gasteiger partial charge in [0.05, 0.1) is 15.5 Å². The Labute approximate surface area is 122 Å². The lowest BCUT2D eigenvalue weighted by Crippen LogP contribution is -2.51. The fourth-order valence-electron chi connectivity index (χ4n) is 2.91. The first-order valence-electron chi connectivity index (χ1n) is 6.64. The van der Waals surface area contributed by atoms with E-state index in [0.29, 0.717) is 10.6 Å². The van der Waals surface area contributed by atoms with Crippen LogP contribution in [-0.2, 0) is 0 Å². The minimum absolute atomic E-state index is 0.0124. The molecule has 19 heavy (non-hydrogen) atoms. The van der Waals surface area contributed by atoms with E-state index in [1.807, 2.05) is 34.9 Å². The molecule has 2 aliphatic heterocycles. The molecule has 2 saturated heterocycles. The quantitative estimate of drug-likeness (QED) is 0.864. The highest BCUT2D eigenvalue weighted by Gasteiger charge is 2.45. The van der Waals surface area contributed by atoms with Crippen molar-refractivity contribution in [3.05, 3.63) is 34.9 Å². The minimum atomic E-state index is -0.0124. The molecule has 1 aromatic rings. The maximum absolute atomic E-state index is 12.7. The third-order valence-electron chi connectivity index (χ3n) is 3.91. The summed E-state index contributed by atoms with van der Waals surface area (Å²) >= 11 is 8.08. The van der Waals surface area contributed by atoms with Crippen molar-refractivity contribution in [3.8, 4) is 0 Å². The molecule has 0 radical (unpaired) electrons. The summed E-state index contributed by atoms with van der Waals surface area (Å²) in [5.74, 6) is 1.11. The van der Waals surface area contributed by atoms with Gasteiger partial charge in [0.15, 0.2) is 0 Å². The van der Waals surface area contributed by atoms with Gasteiger partial charge < -0.3 is 10.2 Å². The van der Waals surface area contributed by atoms with E-state index in [-0.39, 0.29) is 10.8 Å². The Hall–Kier alpha value is -0.710. The molecule has 2 fully saturated rings. The number of carbonyl (C=O) groups excluding carboxylic acids is 1. The molecule has 1 amide bonds. The second-order valence-electron chi connectivity index (χ2n) is 4.98. The van der Waals surface area contributed by atoms with E-state index in [1.165, 1.54) is 0 Å². The molecule has 0 saturated carbocycles. The molecular weight excluding hydrogens is 280 g/mol. The van der Waals surface area contributed by atoms with Crippen molar-refractivity contribution in [1.29, 1.82) is 0 Å². The molecule has 102 valence electrons. The summed E-state index contributed by atoms with van der Waals surface area (Å²) in [5.41, 5.74) is 0.629. The SMILES string of the molecule is O=C(c1ccccc1Cl)N1CCSC12CCNCC2. The zero-order valence-electron chi connectivity index (χ0n) is 10.7. The Balaban J connectivity index is 1.88. The zero-order chi connectivity index (χ0) is 13.3. The van der Waals surface area contributed by atoms with Gasteiger partial charge in [0, 0.05) is 12.3 Å². The smallest absolute Gasteiger partial charge is 0.256 e. The van der Waals surface area contributed by atoms with Gasteiger partial charge in [0.25, 0.3) is 5.91 Å². The van der Waals surface area contributed by atoms with E-state index in [9.17, 15) is 4.79 Å². The van der Waals surface area contributed by atoms with Gasteiger partial charge in [0.2, 0.25) is 0 Å². The highest BCUT2D eigenvalue weighted by atomic mass is 35.5. The van der Waals surface area contributed by atoms with Gasteiger partial charge in [-0.3, -0.25) is 4.79 Å². The maximum atomic E-state index is 12.7. The number of thioether (sulfide) groups is 1. The Kier molecular flexibility index (Phi) is 3.74. The predicted octanol–water partition coefficient (Wildman–Crippen LogP) is 2.61. The van der Waals surface area contributed by atoms with Crippen LogP contribution in [0.1, 0.15) is 23.2 Å². The standard InChI is InChI=1S/C14H17ClN2OS/c15-12-4-2-1-3-11(12)13(18)17-9-10-19-14(17)5-7-16-8-6-14/h1-4,16H,5-10H2. The van der Waals surface area contributed by atoms with Crippen LogP contribution in [0.4, 0.5) is 0 Å². The first-order valence-corrected chi connectivity index (χ1v) is 8.00. The lowest BCUT2D eigenvalue weighted by Gasteiger charge is -2.40. The molecule has 0 bridgehead atoms. The summed E-state index contributed by atoms with van der Waals surface area (Å²) in [6.07, 6.45) is 2.04. The average molecular weight is 297 g/mol. The van der Waals surface area contributed by atoms with E-state index in [1.54, 1.807) is 6.07 Å². The van der Waals surface area contributed by atoms with Gasteiger partial charge >= 0.3 is 0 Å². The molecule has 1 spiro atoms. The van der Waals surface area contributed by atoms with Gasteiger partial charge in [-0.2, -0.15) is 0 Å². The zero-order valence-corrected chi connectivity index (χ0v) is 12.3. The number of amides is 1. The van der Waals surface area contributed by atoms with Gasteiger partial charge in [-0.25, -0.2) is 0 Å². The van der Waals surface area contributed by atoms with Crippen molar-refractivity contribution in [1.82, 2.24) is 10.2 Å². The normalized spacial score (nSPS) is 21.8. The van der Waals surface area contributed by atoms with E-state index in [2.05, 4.69) is 5.32 Å². The summed E-state index contributed by atoms with van der Waals surface area (Å²) in [7, 11) is 0. The number of benzene rings is 1. The summed E-state index contributed by atoms with van der Waals surface area (Å²) in [6.45, 7) is 2.80. The minimum Gasteiger partial charge on any atom is -0.323 e. The third kappa shape index (κ3) is 2.37. The molecule has 3 nitrogen and oxygen atoms in total. The second kappa shape index (κ2) is 5.35. The van der Waals surface area contributed by atoms with Crippen LogP contribution in [0.2, 0.25) is 5.02 Å². The van der Waals surface area contributed by atoms with Crippen LogP contribution < -0.4 is 5.32 Å². The Morgan fingerprint density at radius 3 is 2.79 bits per heavy atom. The molecule has 1 N–H and O–H groups in total. The lowest BCUT2D eigenvalue weighted by molar-refractivity contribution is 0.0635. The van der Waals surface area contributed by atoms with Crippen LogP contribution in [-0.4, -0.2) is 41.1 Å². The first kappa shape index (κ1) is 13.3. The average Bonchev–Trinajstić information content (AvgIpc) is 2.82. The van der Waals surface area contributed by atoms with Crippen LogP contribution in [0.3, 0.4) is 0 Å². The second-order valence-corrected chi connectivity index (χ2v) is 6.85. The van der Waals surface area contributed by atoms with Gasteiger partial charge in [-0.15, -0.1) is 11.8 Å². The third-order valence-corrected chi connectivity index (χ3v) is 5.79. The van der Waals surface area contributed by atoms with Crippen molar-refractivity contribution < 1.29 is 4.79 Å². The summed E-state index contributed by atoms with van der Waals surface area (Å²) in [4.78, 5) is 14.8. The number of hydrogen-bond acceptors (Lipinski definition) is 3. The molecule has 0 aromatic heterocycles. The Bertz CT molecular complexity index is 488. The van der Waals surface area contributed by atoms with Crippen LogP contribution in [0, 0.1) is 0 Å². The van der Waals surface area contributed by atoms with Crippen molar-refractivity contribution in [2.24, 2.45) is 0 Å². The van der Waals surface area contributed by atoms with Crippen molar-refractivity contribution in [2.75, 3.05) is 25.4 Å². The number of nitrogens with one attached hydrogen (secondary N) is 1. The molecule has 0 atom stereocenters. The van der Waals surface area contributed by atoms with E-state index < -0.39 is 0 Å². The molecule has 2 heterocycles. The number of rotatable bonds is 1. The van der Waals surface area contributed by atoms with Crippen LogP contribution in [0.25, 0.3) is 0 Å². The number of nitrogens with zero attached hydrogens (tertiary/aromatic N) is 1. The maximum Gasteiger partial charge on any atom is 0.256 e. The topological polar surface area (TPSA) is 32.3 Å². The largest absolute Gasteiger partial charge is 0.323 e. The molecule has 0 aliphatic carbocycles. The highest BCUT2D eigenvalue weighted by Crippen LogP contribution is 2.43. The van der Waals surface area contributed by atoms with E-state index in [0.717, 1.165) is 38.2 Å². The number of halogens is 1. The Morgan fingerprint density at radius 2 is 2.05 bits per heavy atom. The van der Waals surface area contributed by atoms with Crippen molar-refractivity contribution in [3.63, 3.8) is 0 Å². The summed E-state index contributed by atoms with van der Waals surface area (Å²) < 4.78 is 0. The molecule has 3 rings (SSSR count). The fraction of sp³-hybridized carbons (Fsp3) is 0.500. The number of hydrogen-bond donors (Lipinski definition) is 1. The summed E-state index contributed by atoms with van der Waals surface area (Å²) in [6, 6.07) is 7.34. The van der Waals surface area contributed by atoms with Gasteiger partial charge in [0.1, 0.15) is 0 Å². The molecule has 2 aliphatic rings. The van der Waals surface area contributed by atoms with Crippen molar-refractivity contribution in [2.45, 2.75) is 17.7 Å². The lowest BCUT2D eigenvalue weighted by atomic mass is 10.0. The van der Waals surface area contributed by atoms with E-state index in [4.69, 9.17) is 11.6 Å².